The van der Waals surface area contributed by atoms with E-state index in [0.717, 1.165) is 35.3 Å². The van der Waals surface area contributed by atoms with E-state index >= 15 is 0 Å². The van der Waals surface area contributed by atoms with Gasteiger partial charge >= 0.3 is 5.97 Å². The molecule has 0 atom stereocenters. The van der Waals surface area contributed by atoms with Crippen LogP contribution in [0.5, 0.6) is 5.75 Å². The molecule has 27 heavy (non-hydrogen) atoms. The number of ether oxygens (including phenoxy) is 2. The number of halogens is 1. The Morgan fingerprint density at radius 1 is 1.00 bits per heavy atom. The van der Waals surface area contributed by atoms with Crippen LogP contribution in [0, 0.1) is 0 Å². The van der Waals surface area contributed by atoms with E-state index in [0.29, 0.717) is 12.2 Å². The Hall–Kier alpha value is -2.53. The lowest BCUT2D eigenvalue weighted by molar-refractivity contribution is 0.0601. The minimum absolute atomic E-state index is 0.349. The summed E-state index contributed by atoms with van der Waals surface area (Å²) in [5.41, 5.74) is 1.31. The smallest absolute Gasteiger partial charge is 0.340 e. The maximum atomic E-state index is 11.9. The largest absolute Gasteiger partial charge is 0.494 e. The normalized spacial score (nSPS) is 10.6. The van der Waals surface area contributed by atoms with Crippen LogP contribution in [0.4, 0.5) is 5.69 Å². The van der Waals surface area contributed by atoms with Gasteiger partial charge in [-0.1, -0.05) is 46.3 Å². The van der Waals surface area contributed by atoms with Crippen molar-refractivity contribution >= 4 is 38.4 Å². The highest BCUT2D eigenvalue weighted by atomic mass is 79.9. The summed E-state index contributed by atoms with van der Waals surface area (Å²) in [6.45, 7) is 1.41. The topological polar surface area (TPSA) is 47.6 Å². The van der Waals surface area contributed by atoms with Crippen molar-refractivity contribution in [3.63, 3.8) is 0 Å². The molecule has 4 nitrogen and oxygen atoms in total. The third kappa shape index (κ3) is 5.23. The number of hydrogen-bond acceptors (Lipinski definition) is 4. The molecule has 0 saturated carbocycles. The van der Waals surface area contributed by atoms with Crippen LogP contribution in [-0.2, 0) is 4.74 Å². The lowest BCUT2D eigenvalue weighted by atomic mass is 10.1. The zero-order valence-electron chi connectivity index (χ0n) is 15.2. The van der Waals surface area contributed by atoms with Gasteiger partial charge in [-0.2, -0.15) is 0 Å². The Morgan fingerprint density at radius 3 is 2.63 bits per heavy atom. The van der Waals surface area contributed by atoms with Gasteiger partial charge < -0.3 is 14.8 Å². The quantitative estimate of drug-likeness (QED) is 0.372. The molecule has 5 heteroatoms. The first-order valence-electron chi connectivity index (χ1n) is 8.91. The number of benzene rings is 3. The molecule has 0 amide bonds. The van der Waals surface area contributed by atoms with Gasteiger partial charge in [-0.15, -0.1) is 0 Å². The molecule has 0 bridgehead atoms. The number of carbonyl (C=O) groups is 1. The van der Waals surface area contributed by atoms with Gasteiger partial charge in [-0.3, -0.25) is 0 Å². The molecular weight excluding hydrogens is 406 g/mol. The van der Waals surface area contributed by atoms with E-state index in [1.807, 2.05) is 30.3 Å². The number of methoxy groups -OCH3 is 1. The van der Waals surface area contributed by atoms with Crippen LogP contribution in [0.25, 0.3) is 10.8 Å². The van der Waals surface area contributed by atoms with Crippen LogP contribution >= 0.6 is 15.9 Å². The van der Waals surface area contributed by atoms with Crippen molar-refractivity contribution in [2.45, 2.75) is 12.8 Å². The molecule has 140 valence electrons. The molecule has 0 saturated heterocycles. The molecule has 3 aromatic carbocycles. The van der Waals surface area contributed by atoms with Gasteiger partial charge in [0.1, 0.15) is 5.75 Å². The van der Waals surface area contributed by atoms with E-state index in [1.165, 1.54) is 17.9 Å². The van der Waals surface area contributed by atoms with Crippen LogP contribution in [0.15, 0.2) is 65.1 Å². The fraction of sp³-hybridized carbons (Fsp3) is 0.227. The summed E-state index contributed by atoms with van der Waals surface area (Å²) >= 11 is 3.38. The molecule has 0 spiro atoms. The molecular formula is C22H22BrNO3. The second-order valence-electron chi connectivity index (χ2n) is 6.17. The second kappa shape index (κ2) is 9.42. The van der Waals surface area contributed by atoms with Crippen molar-refractivity contribution in [3.05, 3.63) is 70.7 Å². The van der Waals surface area contributed by atoms with Gasteiger partial charge in [0.25, 0.3) is 0 Å². The second-order valence-corrected chi connectivity index (χ2v) is 7.09. The predicted molar refractivity (Wildman–Crippen MR) is 113 cm³/mol. The first-order chi connectivity index (χ1) is 13.2. The average Bonchev–Trinajstić information content (AvgIpc) is 2.70. The number of nitrogens with one attached hydrogen (secondary N) is 1. The highest BCUT2D eigenvalue weighted by Gasteiger charge is 2.11. The average molecular weight is 428 g/mol. The number of hydrogen-bond donors (Lipinski definition) is 1. The molecule has 0 aromatic heterocycles. The van der Waals surface area contributed by atoms with Crippen molar-refractivity contribution in [2.75, 3.05) is 25.6 Å². The summed E-state index contributed by atoms with van der Waals surface area (Å²) < 4.78 is 11.5. The minimum atomic E-state index is -0.349. The number of anilines is 1. The van der Waals surface area contributed by atoms with E-state index in [2.05, 4.69) is 45.5 Å². The zero-order chi connectivity index (χ0) is 19.1. The number of unbranched alkanes of at least 4 members (excludes halogenated alkanes) is 1. The number of carbonyl (C=O) groups excluding carboxylic acids is 1. The molecule has 0 aliphatic rings. The third-order valence-corrected chi connectivity index (χ3v) is 4.76. The predicted octanol–water partition coefficient (Wildman–Crippen LogP) is 5.66. The molecule has 0 aliphatic heterocycles. The maximum Gasteiger partial charge on any atom is 0.340 e. The van der Waals surface area contributed by atoms with Crippen molar-refractivity contribution in [1.29, 1.82) is 0 Å². The summed E-state index contributed by atoms with van der Waals surface area (Å²) in [6.07, 6.45) is 1.86. The number of rotatable bonds is 8. The summed E-state index contributed by atoms with van der Waals surface area (Å²) in [5.74, 6) is 0.543. The third-order valence-electron chi connectivity index (χ3n) is 4.26. The monoisotopic (exact) mass is 427 g/mol. The Balaban J connectivity index is 1.45. The van der Waals surface area contributed by atoms with Gasteiger partial charge in [0.05, 0.1) is 19.3 Å². The van der Waals surface area contributed by atoms with Gasteiger partial charge in [0.2, 0.25) is 0 Å². The van der Waals surface area contributed by atoms with Crippen LogP contribution in [0.1, 0.15) is 23.2 Å². The van der Waals surface area contributed by atoms with Gasteiger partial charge in [0.15, 0.2) is 0 Å². The van der Waals surface area contributed by atoms with Crippen LogP contribution in [0.2, 0.25) is 0 Å². The van der Waals surface area contributed by atoms with Crippen molar-refractivity contribution in [2.24, 2.45) is 0 Å². The molecule has 0 heterocycles. The zero-order valence-corrected chi connectivity index (χ0v) is 16.8. The molecule has 3 rings (SSSR count). The standard InChI is InChI=1S/C22H22BrNO3/c1-26-22(25)20-15-18(23)9-11-21(20)24-12-4-5-13-27-19-10-8-16-6-2-3-7-17(16)14-19/h2-3,6-11,14-15,24H,4-5,12-13H2,1H3. The molecule has 0 unspecified atom stereocenters. The fourth-order valence-electron chi connectivity index (χ4n) is 2.85. The number of esters is 1. The first kappa shape index (κ1) is 19.2. The van der Waals surface area contributed by atoms with E-state index in [9.17, 15) is 4.79 Å². The molecule has 3 aromatic rings. The highest BCUT2D eigenvalue weighted by Crippen LogP contribution is 2.22. The number of fused-ring (bicyclic) bond motifs is 1. The first-order valence-corrected chi connectivity index (χ1v) is 9.70. The SMILES string of the molecule is COC(=O)c1cc(Br)ccc1NCCCCOc1ccc2ccccc2c1. The van der Waals surface area contributed by atoms with Gasteiger partial charge in [0, 0.05) is 16.7 Å². The lowest BCUT2D eigenvalue weighted by Crippen LogP contribution is -2.10. The summed E-state index contributed by atoms with van der Waals surface area (Å²) in [7, 11) is 1.39. The molecule has 0 radical (unpaired) electrons. The molecule has 0 aliphatic carbocycles. The van der Waals surface area contributed by atoms with E-state index < -0.39 is 0 Å². The Labute approximate surface area is 167 Å². The van der Waals surface area contributed by atoms with Crippen LogP contribution < -0.4 is 10.1 Å². The Morgan fingerprint density at radius 2 is 1.81 bits per heavy atom. The summed E-state index contributed by atoms with van der Waals surface area (Å²) in [5, 5.41) is 5.70. The van der Waals surface area contributed by atoms with Crippen molar-refractivity contribution in [3.8, 4) is 5.75 Å². The Bertz CT molecular complexity index is 926. The van der Waals surface area contributed by atoms with Crippen LogP contribution in [0.3, 0.4) is 0 Å². The van der Waals surface area contributed by atoms with E-state index in [1.54, 1.807) is 6.07 Å². The van der Waals surface area contributed by atoms with Crippen LogP contribution in [-0.4, -0.2) is 26.2 Å². The summed E-state index contributed by atoms with van der Waals surface area (Å²) in [6, 6.07) is 19.9. The highest BCUT2D eigenvalue weighted by molar-refractivity contribution is 9.10. The van der Waals surface area contributed by atoms with Gasteiger partial charge in [-0.05, 0) is 53.9 Å². The van der Waals surface area contributed by atoms with Gasteiger partial charge in [-0.25, -0.2) is 4.79 Å². The fourth-order valence-corrected chi connectivity index (χ4v) is 3.21. The molecule has 1 N–H and O–H groups in total. The van der Waals surface area contributed by atoms with E-state index in [4.69, 9.17) is 9.47 Å². The maximum absolute atomic E-state index is 11.9. The van der Waals surface area contributed by atoms with E-state index in [-0.39, 0.29) is 5.97 Å². The van der Waals surface area contributed by atoms with Crippen molar-refractivity contribution < 1.29 is 14.3 Å². The summed E-state index contributed by atoms with van der Waals surface area (Å²) in [4.78, 5) is 11.9. The Kier molecular flexibility index (Phi) is 6.71. The molecule has 0 fully saturated rings. The minimum Gasteiger partial charge on any atom is -0.494 e. The lowest BCUT2D eigenvalue weighted by Gasteiger charge is -2.12. The van der Waals surface area contributed by atoms with Crippen molar-refractivity contribution in [1.82, 2.24) is 0 Å².